The zero-order valence-electron chi connectivity index (χ0n) is 14.7. The van der Waals surface area contributed by atoms with E-state index in [4.69, 9.17) is 0 Å². The maximum Gasteiger partial charge on any atom is 0.0164 e. The number of aryl methyl sites for hydroxylation is 4. The van der Waals surface area contributed by atoms with Crippen LogP contribution in [0.3, 0.4) is 0 Å². The highest BCUT2D eigenvalue weighted by Gasteiger charge is 2.40. The molecule has 2 aromatic carbocycles. The number of benzene rings is 2. The summed E-state index contributed by atoms with van der Waals surface area (Å²) in [7, 11) is 0. The van der Waals surface area contributed by atoms with Crippen molar-refractivity contribution in [1.29, 1.82) is 0 Å². The second-order valence-corrected chi connectivity index (χ2v) is 7.40. The molecule has 0 radical (unpaired) electrons. The Labute approximate surface area is 129 Å². The normalized spacial score (nSPS) is 15.0. The van der Waals surface area contributed by atoms with Crippen LogP contribution in [0.25, 0.3) is 11.1 Å². The van der Waals surface area contributed by atoms with Gasteiger partial charge in [0.15, 0.2) is 0 Å². The van der Waals surface area contributed by atoms with Gasteiger partial charge in [0.25, 0.3) is 0 Å². The van der Waals surface area contributed by atoms with E-state index in [2.05, 4.69) is 67.5 Å². The zero-order chi connectivity index (χ0) is 15.7. The van der Waals surface area contributed by atoms with E-state index in [0.29, 0.717) is 0 Å². The summed E-state index contributed by atoms with van der Waals surface area (Å²) < 4.78 is 0. The van der Waals surface area contributed by atoms with Crippen LogP contribution in [0.15, 0.2) is 12.1 Å². The molecule has 1 aliphatic carbocycles. The molecular weight excluding hydrogens is 252 g/mol. The van der Waals surface area contributed by atoms with Gasteiger partial charge in [-0.3, -0.25) is 0 Å². The molecule has 0 heteroatoms. The topological polar surface area (TPSA) is 0 Å². The van der Waals surface area contributed by atoms with E-state index in [1.54, 1.807) is 5.56 Å². The van der Waals surface area contributed by atoms with Gasteiger partial charge in [-0.15, -0.1) is 0 Å². The third kappa shape index (κ3) is 1.68. The summed E-state index contributed by atoms with van der Waals surface area (Å²) >= 11 is 0. The minimum Gasteiger partial charge on any atom is -0.0558 e. The molecule has 0 nitrogen and oxygen atoms in total. The number of hydrogen-bond donors (Lipinski definition) is 0. The predicted molar refractivity (Wildman–Crippen MR) is 92.4 cm³/mol. The molecule has 0 heterocycles. The van der Waals surface area contributed by atoms with Gasteiger partial charge in [-0.1, -0.05) is 26.0 Å². The van der Waals surface area contributed by atoms with Crippen molar-refractivity contribution in [3.63, 3.8) is 0 Å². The van der Waals surface area contributed by atoms with Crippen molar-refractivity contribution >= 4 is 0 Å². The Morgan fingerprint density at radius 1 is 0.571 bits per heavy atom. The molecule has 21 heavy (non-hydrogen) atoms. The van der Waals surface area contributed by atoms with E-state index in [0.717, 1.165) is 0 Å². The van der Waals surface area contributed by atoms with Crippen molar-refractivity contribution < 1.29 is 0 Å². The average molecular weight is 278 g/mol. The van der Waals surface area contributed by atoms with Crippen molar-refractivity contribution in [2.75, 3.05) is 0 Å². The minimum absolute atomic E-state index is 0.105. The first-order valence-electron chi connectivity index (χ1n) is 7.90. The van der Waals surface area contributed by atoms with Gasteiger partial charge >= 0.3 is 0 Å². The highest BCUT2D eigenvalue weighted by Crippen LogP contribution is 2.54. The Balaban J connectivity index is 2.58. The molecule has 3 rings (SSSR count). The van der Waals surface area contributed by atoms with E-state index >= 15 is 0 Å². The van der Waals surface area contributed by atoms with Crippen LogP contribution >= 0.6 is 0 Å². The molecule has 0 amide bonds. The summed E-state index contributed by atoms with van der Waals surface area (Å²) in [6, 6.07) is 4.72. The van der Waals surface area contributed by atoms with Gasteiger partial charge in [-0.2, -0.15) is 0 Å². The Morgan fingerprint density at radius 3 is 1.71 bits per heavy atom. The summed E-state index contributed by atoms with van der Waals surface area (Å²) in [5.74, 6) is 0. The van der Waals surface area contributed by atoms with Crippen LogP contribution in [0.2, 0.25) is 0 Å². The molecule has 110 valence electrons. The molecule has 0 atom stereocenters. The molecule has 0 spiro atoms. The number of hydrogen-bond acceptors (Lipinski definition) is 0. The summed E-state index contributed by atoms with van der Waals surface area (Å²) in [4.78, 5) is 0. The van der Waals surface area contributed by atoms with Crippen LogP contribution < -0.4 is 0 Å². The first-order chi connectivity index (χ1) is 9.67. The van der Waals surface area contributed by atoms with E-state index in [1.807, 2.05) is 0 Å². The lowest BCUT2D eigenvalue weighted by Gasteiger charge is -2.26. The second-order valence-electron chi connectivity index (χ2n) is 7.40. The van der Waals surface area contributed by atoms with Gasteiger partial charge in [0, 0.05) is 5.41 Å². The molecule has 0 bridgehead atoms. The quantitative estimate of drug-likeness (QED) is 0.567. The van der Waals surface area contributed by atoms with Crippen molar-refractivity contribution in [1.82, 2.24) is 0 Å². The van der Waals surface area contributed by atoms with Gasteiger partial charge in [-0.05, 0) is 97.2 Å². The Bertz CT molecular complexity index is 774. The summed E-state index contributed by atoms with van der Waals surface area (Å²) in [6.07, 6.45) is 0. The molecule has 0 aromatic heterocycles. The standard InChI is InChI=1S/C21H26/c1-11-10-14(4)19-18(15(11)5)17-13(3)9-12(2)16(6)20(17)21(19,7)8/h9-10H,1-8H3. The lowest BCUT2D eigenvalue weighted by atomic mass is 9.77. The van der Waals surface area contributed by atoms with E-state index < -0.39 is 0 Å². The summed E-state index contributed by atoms with van der Waals surface area (Å²) in [5.41, 5.74) is 14.8. The smallest absolute Gasteiger partial charge is 0.0164 e. The van der Waals surface area contributed by atoms with Gasteiger partial charge in [0.1, 0.15) is 0 Å². The van der Waals surface area contributed by atoms with Gasteiger partial charge < -0.3 is 0 Å². The fourth-order valence-electron chi connectivity index (χ4n) is 4.52. The maximum absolute atomic E-state index is 2.39. The van der Waals surface area contributed by atoms with Crippen molar-refractivity contribution in [2.24, 2.45) is 0 Å². The molecular formula is C21H26. The predicted octanol–water partition coefficient (Wildman–Crippen LogP) is 5.84. The van der Waals surface area contributed by atoms with E-state index in [-0.39, 0.29) is 5.41 Å². The van der Waals surface area contributed by atoms with E-state index in [9.17, 15) is 0 Å². The Morgan fingerprint density at radius 2 is 1.10 bits per heavy atom. The van der Waals surface area contributed by atoms with Crippen molar-refractivity contribution in [3.05, 3.63) is 56.6 Å². The van der Waals surface area contributed by atoms with Crippen LogP contribution in [0.1, 0.15) is 58.4 Å². The molecule has 0 saturated carbocycles. The first-order valence-corrected chi connectivity index (χ1v) is 7.90. The highest BCUT2D eigenvalue weighted by atomic mass is 14.4. The molecule has 0 fully saturated rings. The van der Waals surface area contributed by atoms with Crippen LogP contribution in [-0.2, 0) is 5.41 Å². The van der Waals surface area contributed by atoms with E-state index in [1.165, 1.54) is 50.1 Å². The lowest BCUT2D eigenvalue weighted by Crippen LogP contribution is -2.18. The van der Waals surface area contributed by atoms with Crippen LogP contribution in [0, 0.1) is 41.5 Å². The van der Waals surface area contributed by atoms with Crippen molar-refractivity contribution in [3.8, 4) is 11.1 Å². The van der Waals surface area contributed by atoms with Gasteiger partial charge in [0.2, 0.25) is 0 Å². The monoisotopic (exact) mass is 278 g/mol. The maximum atomic E-state index is 2.39. The third-order valence-electron chi connectivity index (χ3n) is 5.59. The zero-order valence-corrected chi connectivity index (χ0v) is 14.7. The highest BCUT2D eigenvalue weighted by molar-refractivity contribution is 5.88. The minimum atomic E-state index is 0.105. The largest absolute Gasteiger partial charge is 0.0558 e. The molecule has 0 unspecified atom stereocenters. The molecule has 1 aliphatic rings. The summed E-state index contributed by atoms with van der Waals surface area (Å²) in [5, 5.41) is 0. The van der Waals surface area contributed by atoms with Gasteiger partial charge in [0.05, 0.1) is 0 Å². The first kappa shape index (κ1) is 14.4. The van der Waals surface area contributed by atoms with Crippen LogP contribution in [-0.4, -0.2) is 0 Å². The molecule has 0 aliphatic heterocycles. The average Bonchev–Trinajstić information content (AvgIpc) is 2.62. The fourth-order valence-corrected chi connectivity index (χ4v) is 4.52. The Hall–Kier alpha value is -1.56. The summed E-state index contributed by atoms with van der Waals surface area (Å²) in [6.45, 7) is 18.4. The lowest BCUT2D eigenvalue weighted by molar-refractivity contribution is 0.649. The number of rotatable bonds is 0. The SMILES string of the molecule is Cc1cc(C)c2c(c1C)-c1c(C)cc(C)c(C)c1C2(C)C. The Kier molecular flexibility index (Phi) is 2.89. The van der Waals surface area contributed by atoms with Gasteiger partial charge in [-0.25, -0.2) is 0 Å². The second kappa shape index (κ2) is 4.22. The number of fused-ring (bicyclic) bond motifs is 3. The van der Waals surface area contributed by atoms with Crippen LogP contribution in [0.4, 0.5) is 0 Å². The van der Waals surface area contributed by atoms with Crippen LogP contribution in [0.5, 0.6) is 0 Å². The molecule has 0 saturated heterocycles. The fraction of sp³-hybridized carbons (Fsp3) is 0.429. The molecule has 2 aromatic rings. The van der Waals surface area contributed by atoms with Crippen molar-refractivity contribution in [2.45, 2.75) is 60.8 Å². The molecule has 0 N–H and O–H groups in total. The third-order valence-corrected chi connectivity index (χ3v) is 5.59.